The third-order valence-corrected chi connectivity index (χ3v) is 7.03. The Bertz CT molecular complexity index is 1030. The number of rotatable bonds is 4. The van der Waals surface area contributed by atoms with Crippen LogP contribution in [0.4, 0.5) is 10.9 Å². The molecule has 158 valence electrons. The van der Waals surface area contributed by atoms with E-state index < -0.39 is 0 Å². The molecule has 2 fully saturated rings. The number of para-hydroxylation sites is 1. The monoisotopic (exact) mass is 425 g/mol. The van der Waals surface area contributed by atoms with Gasteiger partial charge in [-0.15, -0.1) is 0 Å². The normalized spacial score (nSPS) is 18.2. The second-order valence-electron chi connectivity index (χ2n) is 7.86. The zero-order valence-corrected chi connectivity index (χ0v) is 18.3. The standard InChI is InChI=1S/C22H27N5O2S/c1-15-23-17(16-6-12-29-13-7-16)14-20(24-15)26-8-10-27(11-9-26)22-25-21-18(28-2)4-3-5-19(21)30-22/h3-5,14,16H,6-13H2,1-2H3. The van der Waals surface area contributed by atoms with Gasteiger partial charge in [-0.25, -0.2) is 15.0 Å². The van der Waals surface area contributed by atoms with Crippen LogP contribution in [0.3, 0.4) is 0 Å². The fraction of sp³-hybridized carbons (Fsp3) is 0.500. The molecule has 0 atom stereocenters. The van der Waals surface area contributed by atoms with Crippen molar-refractivity contribution in [3.8, 4) is 5.75 Å². The Morgan fingerprint density at radius 2 is 1.80 bits per heavy atom. The maximum atomic E-state index is 5.52. The van der Waals surface area contributed by atoms with Crippen LogP contribution in [0.25, 0.3) is 10.2 Å². The summed E-state index contributed by atoms with van der Waals surface area (Å²) in [6.07, 6.45) is 2.09. The first-order valence-corrected chi connectivity index (χ1v) is 11.4. The topological polar surface area (TPSA) is 63.6 Å². The van der Waals surface area contributed by atoms with E-state index in [0.29, 0.717) is 5.92 Å². The minimum atomic E-state index is 0.484. The summed E-state index contributed by atoms with van der Waals surface area (Å²) in [5.74, 6) is 3.23. The van der Waals surface area contributed by atoms with Crippen molar-refractivity contribution in [3.63, 3.8) is 0 Å². The van der Waals surface area contributed by atoms with Crippen molar-refractivity contribution >= 4 is 32.5 Å². The van der Waals surface area contributed by atoms with Gasteiger partial charge in [0, 0.05) is 57.1 Å². The molecule has 0 aliphatic carbocycles. The van der Waals surface area contributed by atoms with Crippen LogP contribution in [0.1, 0.15) is 30.3 Å². The van der Waals surface area contributed by atoms with Crippen LogP contribution in [-0.4, -0.2) is 61.5 Å². The minimum Gasteiger partial charge on any atom is -0.494 e. The van der Waals surface area contributed by atoms with Gasteiger partial charge in [0.2, 0.25) is 0 Å². The Kier molecular flexibility index (Phi) is 5.43. The molecule has 0 spiro atoms. The number of hydrogen-bond acceptors (Lipinski definition) is 8. The number of aryl methyl sites for hydroxylation is 1. The largest absolute Gasteiger partial charge is 0.494 e. The lowest BCUT2D eigenvalue weighted by atomic mass is 9.96. The molecule has 2 saturated heterocycles. The maximum absolute atomic E-state index is 5.52. The highest BCUT2D eigenvalue weighted by Crippen LogP contribution is 2.35. The molecule has 0 bridgehead atoms. The zero-order valence-electron chi connectivity index (χ0n) is 17.5. The molecule has 0 amide bonds. The smallest absolute Gasteiger partial charge is 0.186 e. The van der Waals surface area contributed by atoms with Crippen LogP contribution in [-0.2, 0) is 4.74 Å². The molecule has 30 heavy (non-hydrogen) atoms. The molecule has 0 radical (unpaired) electrons. The van der Waals surface area contributed by atoms with E-state index in [-0.39, 0.29) is 0 Å². The number of thiazole rings is 1. The van der Waals surface area contributed by atoms with E-state index in [1.165, 1.54) is 10.4 Å². The highest BCUT2D eigenvalue weighted by atomic mass is 32.1. The Balaban J connectivity index is 1.31. The van der Waals surface area contributed by atoms with Gasteiger partial charge in [0.1, 0.15) is 22.9 Å². The summed E-state index contributed by atoms with van der Waals surface area (Å²) in [5, 5.41) is 1.07. The first-order chi connectivity index (χ1) is 14.7. The Hall–Kier alpha value is -2.45. The number of fused-ring (bicyclic) bond motifs is 1. The highest BCUT2D eigenvalue weighted by molar-refractivity contribution is 7.22. The molecule has 0 saturated carbocycles. The molecule has 2 aromatic heterocycles. The highest BCUT2D eigenvalue weighted by Gasteiger charge is 2.24. The van der Waals surface area contributed by atoms with Gasteiger partial charge < -0.3 is 19.3 Å². The van der Waals surface area contributed by atoms with Crippen molar-refractivity contribution in [1.29, 1.82) is 0 Å². The molecule has 4 heterocycles. The fourth-order valence-corrected chi connectivity index (χ4v) is 5.31. The average molecular weight is 426 g/mol. The van der Waals surface area contributed by atoms with Crippen molar-refractivity contribution in [3.05, 3.63) is 35.8 Å². The van der Waals surface area contributed by atoms with Gasteiger partial charge >= 0.3 is 0 Å². The van der Waals surface area contributed by atoms with Crippen LogP contribution < -0.4 is 14.5 Å². The number of piperazine rings is 1. The van der Waals surface area contributed by atoms with Gasteiger partial charge in [-0.3, -0.25) is 0 Å². The summed E-state index contributed by atoms with van der Waals surface area (Å²) in [7, 11) is 1.70. The summed E-state index contributed by atoms with van der Waals surface area (Å²) >= 11 is 1.73. The molecule has 7 nitrogen and oxygen atoms in total. The zero-order chi connectivity index (χ0) is 20.5. The summed E-state index contributed by atoms with van der Waals surface area (Å²) in [6, 6.07) is 8.30. The third kappa shape index (κ3) is 3.81. The van der Waals surface area contributed by atoms with E-state index in [1.807, 2.05) is 19.1 Å². The number of methoxy groups -OCH3 is 1. The Labute approximate surface area is 180 Å². The second-order valence-corrected chi connectivity index (χ2v) is 8.87. The van der Waals surface area contributed by atoms with Crippen LogP contribution in [0.2, 0.25) is 0 Å². The minimum absolute atomic E-state index is 0.484. The van der Waals surface area contributed by atoms with E-state index in [2.05, 4.69) is 21.9 Å². The summed E-state index contributed by atoms with van der Waals surface area (Å²) < 4.78 is 12.2. The first-order valence-electron chi connectivity index (χ1n) is 10.6. The molecular formula is C22H27N5O2S. The van der Waals surface area contributed by atoms with E-state index in [0.717, 1.165) is 80.3 Å². The summed E-state index contributed by atoms with van der Waals surface area (Å²) in [6.45, 7) is 7.36. The van der Waals surface area contributed by atoms with Crippen LogP contribution in [0.5, 0.6) is 5.75 Å². The first kappa shape index (κ1) is 19.5. The summed E-state index contributed by atoms with van der Waals surface area (Å²) in [5.41, 5.74) is 2.12. The Morgan fingerprint density at radius 3 is 2.57 bits per heavy atom. The number of nitrogens with zero attached hydrogens (tertiary/aromatic N) is 5. The van der Waals surface area contributed by atoms with Crippen molar-refractivity contribution in [1.82, 2.24) is 15.0 Å². The van der Waals surface area contributed by atoms with Crippen molar-refractivity contribution in [2.75, 3.05) is 56.3 Å². The lowest BCUT2D eigenvalue weighted by Crippen LogP contribution is -2.47. The molecule has 5 rings (SSSR count). The molecule has 0 unspecified atom stereocenters. The quantitative estimate of drug-likeness (QED) is 0.632. The summed E-state index contributed by atoms with van der Waals surface area (Å²) in [4.78, 5) is 19.1. The lowest BCUT2D eigenvalue weighted by Gasteiger charge is -2.35. The SMILES string of the molecule is COc1cccc2sc(N3CCN(c4cc(C5CCOCC5)nc(C)n4)CC3)nc12. The number of anilines is 2. The number of hydrogen-bond donors (Lipinski definition) is 0. The van der Waals surface area contributed by atoms with Gasteiger partial charge in [0.05, 0.1) is 11.8 Å². The maximum Gasteiger partial charge on any atom is 0.186 e. The molecule has 2 aliphatic heterocycles. The Morgan fingerprint density at radius 1 is 1.03 bits per heavy atom. The lowest BCUT2D eigenvalue weighted by molar-refractivity contribution is 0.0844. The third-order valence-electron chi connectivity index (χ3n) is 5.95. The van der Waals surface area contributed by atoms with Crippen molar-refractivity contribution < 1.29 is 9.47 Å². The van der Waals surface area contributed by atoms with E-state index in [1.54, 1.807) is 18.4 Å². The second kappa shape index (κ2) is 8.35. The number of ether oxygens (including phenoxy) is 2. The van der Waals surface area contributed by atoms with Crippen LogP contribution in [0, 0.1) is 6.92 Å². The molecule has 1 aromatic carbocycles. The molecule has 3 aromatic rings. The van der Waals surface area contributed by atoms with Gasteiger partial charge in [-0.1, -0.05) is 17.4 Å². The van der Waals surface area contributed by atoms with Gasteiger partial charge in [0.25, 0.3) is 0 Å². The fourth-order valence-electron chi connectivity index (χ4n) is 4.28. The van der Waals surface area contributed by atoms with Crippen molar-refractivity contribution in [2.24, 2.45) is 0 Å². The number of aromatic nitrogens is 3. The number of benzene rings is 1. The van der Waals surface area contributed by atoms with Crippen LogP contribution in [0.15, 0.2) is 24.3 Å². The molecule has 2 aliphatic rings. The predicted octanol–water partition coefficient (Wildman–Crippen LogP) is 3.62. The molecule has 8 heteroatoms. The predicted molar refractivity (Wildman–Crippen MR) is 120 cm³/mol. The van der Waals surface area contributed by atoms with E-state index >= 15 is 0 Å². The molecular weight excluding hydrogens is 398 g/mol. The van der Waals surface area contributed by atoms with Gasteiger partial charge in [-0.05, 0) is 31.9 Å². The van der Waals surface area contributed by atoms with E-state index in [4.69, 9.17) is 24.4 Å². The molecule has 0 N–H and O–H groups in total. The van der Waals surface area contributed by atoms with Gasteiger partial charge in [-0.2, -0.15) is 0 Å². The average Bonchev–Trinajstić information content (AvgIpc) is 3.24. The van der Waals surface area contributed by atoms with Crippen LogP contribution >= 0.6 is 11.3 Å². The van der Waals surface area contributed by atoms with Crippen molar-refractivity contribution in [2.45, 2.75) is 25.7 Å². The van der Waals surface area contributed by atoms with E-state index in [9.17, 15) is 0 Å². The van der Waals surface area contributed by atoms with Gasteiger partial charge in [0.15, 0.2) is 5.13 Å².